The molecule has 1 saturated heterocycles. The quantitative estimate of drug-likeness (QED) is 0.868. The number of alkyl halides is 1. The Balaban J connectivity index is 2.28. The van der Waals surface area contributed by atoms with Gasteiger partial charge in [0.2, 0.25) is 5.91 Å². The van der Waals surface area contributed by atoms with E-state index in [0.29, 0.717) is 24.6 Å². The monoisotopic (exact) mass is 317 g/mol. The fraction of sp³-hybridized carbons (Fsp3) is 0.500. The van der Waals surface area contributed by atoms with Gasteiger partial charge in [0.15, 0.2) is 6.29 Å². The molecule has 0 radical (unpaired) electrons. The highest BCUT2D eigenvalue weighted by Gasteiger charge is 2.40. The fourth-order valence-electron chi connectivity index (χ4n) is 2.34. The first-order chi connectivity index (χ1) is 9.57. The van der Waals surface area contributed by atoms with Crippen molar-refractivity contribution >= 4 is 29.1 Å². The summed E-state index contributed by atoms with van der Waals surface area (Å²) in [6, 6.07) is 7.48. The predicted octanol–water partition coefficient (Wildman–Crippen LogP) is 2.67. The summed E-state index contributed by atoms with van der Waals surface area (Å²) in [7, 11) is 0. The van der Waals surface area contributed by atoms with E-state index in [-0.39, 0.29) is 18.1 Å². The highest BCUT2D eigenvalue weighted by atomic mass is 35.5. The van der Waals surface area contributed by atoms with Gasteiger partial charge in [-0.15, -0.1) is 11.6 Å². The van der Waals surface area contributed by atoms with Crippen molar-refractivity contribution in [2.75, 3.05) is 19.0 Å². The van der Waals surface area contributed by atoms with E-state index in [2.05, 4.69) is 5.32 Å². The molecule has 1 heterocycles. The van der Waals surface area contributed by atoms with Gasteiger partial charge in [0.05, 0.1) is 13.2 Å². The molecule has 0 aliphatic carbocycles. The van der Waals surface area contributed by atoms with Gasteiger partial charge in [-0.25, -0.2) is 0 Å². The van der Waals surface area contributed by atoms with Crippen LogP contribution in [0.2, 0.25) is 5.02 Å². The smallest absolute Gasteiger partial charge is 0.235 e. The lowest BCUT2D eigenvalue weighted by atomic mass is 9.89. The molecule has 1 aromatic rings. The SMILES string of the molecule is CC1OCCC(CNC(=O)CCl)(c2ccccc2Cl)O1. The maximum absolute atomic E-state index is 11.4. The van der Waals surface area contributed by atoms with Crippen LogP contribution in [0.4, 0.5) is 0 Å². The van der Waals surface area contributed by atoms with Gasteiger partial charge >= 0.3 is 0 Å². The summed E-state index contributed by atoms with van der Waals surface area (Å²) in [6.07, 6.45) is 0.261. The molecule has 20 heavy (non-hydrogen) atoms. The highest BCUT2D eigenvalue weighted by Crippen LogP contribution is 2.37. The number of carbonyl (C=O) groups is 1. The van der Waals surface area contributed by atoms with Gasteiger partial charge in [0, 0.05) is 17.0 Å². The van der Waals surface area contributed by atoms with Gasteiger partial charge in [0.25, 0.3) is 0 Å². The highest BCUT2D eigenvalue weighted by molar-refractivity contribution is 6.31. The van der Waals surface area contributed by atoms with Crippen LogP contribution in [0.25, 0.3) is 0 Å². The zero-order valence-electron chi connectivity index (χ0n) is 11.2. The molecular weight excluding hydrogens is 301 g/mol. The number of rotatable bonds is 4. The molecule has 2 rings (SSSR count). The lowest BCUT2D eigenvalue weighted by molar-refractivity contribution is -0.251. The van der Waals surface area contributed by atoms with Crippen molar-refractivity contribution in [1.29, 1.82) is 0 Å². The van der Waals surface area contributed by atoms with Crippen LogP contribution in [0.15, 0.2) is 24.3 Å². The van der Waals surface area contributed by atoms with Gasteiger partial charge in [-0.2, -0.15) is 0 Å². The summed E-state index contributed by atoms with van der Waals surface area (Å²) in [4.78, 5) is 11.4. The molecule has 0 aromatic heterocycles. The van der Waals surface area contributed by atoms with Gasteiger partial charge in [-0.3, -0.25) is 4.79 Å². The predicted molar refractivity (Wildman–Crippen MR) is 78.0 cm³/mol. The van der Waals surface area contributed by atoms with Crippen molar-refractivity contribution in [2.45, 2.75) is 25.2 Å². The molecule has 6 heteroatoms. The number of carbonyl (C=O) groups excluding carboxylic acids is 1. The molecule has 110 valence electrons. The Hall–Kier alpha value is -0.810. The molecule has 0 saturated carbocycles. The molecular formula is C14H17Cl2NO3. The van der Waals surface area contributed by atoms with Crippen LogP contribution in [0, 0.1) is 0 Å². The largest absolute Gasteiger partial charge is 0.353 e. The van der Waals surface area contributed by atoms with Crippen LogP contribution in [-0.4, -0.2) is 31.2 Å². The van der Waals surface area contributed by atoms with Crippen molar-refractivity contribution in [3.05, 3.63) is 34.9 Å². The Kier molecular flexibility index (Phi) is 5.27. The maximum atomic E-state index is 11.4. The Morgan fingerprint density at radius 1 is 1.50 bits per heavy atom. The summed E-state index contributed by atoms with van der Waals surface area (Å²) in [5.41, 5.74) is 0.171. The normalized spacial score (nSPS) is 26.2. The molecule has 0 spiro atoms. The van der Waals surface area contributed by atoms with Gasteiger partial charge in [-0.05, 0) is 13.0 Å². The fourth-order valence-corrected chi connectivity index (χ4v) is 2.75. The molecule has 1 aliphatic heterocycles. The number of halogens is 2. The van der Waals surface area contributed by atoms with E-state index in [1.165, 1.54) is 0 Å². The van der Waals surface area contributed by atoms with Crippen LogP contribution >= 0.6 is 23.2 Å². The Morgan fingerprint density at radius 2 is 2.25 bits per heavy atom. The molecule has 1 aliphatic rings. The molecule has 1 amide bonds. The minimum absolute atomic E-state index is 0.0787. The lowest BCUT2D eigenvalue weighted by Gasteiger charge is -2.41. The standard InChI is InChI=1S/C14H17Cl2NO3/c1-10-19-7-6-14(20-10,9-17-13(18)8-15)11-4-2-3-5-12(11)16/h2-5,10H,6-9H2,1H3,(H,17,18). The average molecular weight is 318 g/mol. The third-order valence-corrected chi connectivity index (χ3v) is 3.88. The van der Waals surface area contributed by atoms with E-state index in [0.717, 1.165) is 5.56 Å². The van der Waals surface area contributed by atoms with Crippen LogP contribution < -0.4 is 5.32 Å². The second-order valence-corrected chi connectivity index (χ2v) is 5.37. The summed E-state index contributed by atoms with van der Waals surface area (Å²) in [5, 5.41) is 3.39. The minimum atomic E-state index is -0.683. The topological polar surface area (TPSA) is 47.6 Å². The Labute approximate surface area is 128 Å². The first-order valence-corrected chi connectivity index (χ1v) is 7.36. The first kappa shape index (κ1) is 15.6. The average Bonchev–Trinajstić information content (AvgIpc) is 2.45. The van der Waals surface area contributed by atoms with Gasteiger partial charge in [0.1, 0.15) is 11.5 Å². The zero-order chi connectivity index (χ0) is 14.6. The minimum Gasteiger partial charge on any atom is -0.353 e. The first-order valence-electron chi connectivity index (χ1n) is 6.44. The molecule has 0 bridgehead atoms. The second kappa shape index (κ2) is 6.76. The molecule has 1 fully saturated rings. The number of nitrogens with one attached hydrogen (secondary N) is 1. The van der Waals surface area contributed by atoms with E-state index < -0.39 is 5.60 Å². The van der Waals surface area contributed by atoms with Crippen molar-refractivity contribution in [2.24, 2.45) is 0 Å². The van der Waals surface area contributed by atoms with Crippen LogP contribution in [0.5, 0.6) is 0 Å². The number of amides is 1. The van der Waals surface area contributed by atoms with E-state index >= 15 is 0 Å². The van der Waals surface area contributed by atoms with Gasteiger partial charge < -0.3 is 14.8 Å². The molecule has 1 N–H and O–H groups in total. The summed E-state index contributed by atoms with van der Waals surface area (Å²) >= 11 is 11.8. The zero-order valence-corrected chi connectivity index (χ0v) is 12.7. The van der Waals surface area contributed by atoms with Crippen molar-refractivity contribution in [1.82, 2.24) is 5.32 Å². The van der Waals surface area contributed by atoms with Crippen LogP contribution in [0.3, 0.4) is 0 Å². The van der Waals surface area contributed by atoms with E-state index in [1.807, 2.05) is 31.2 Å². The summed E-state index contributed by atoms with van der Waals surface area (Å²) in [5.74, 6) is -0.314. The van der Waals surface area contributed by atoms with Crippen molar-refractivity contribution in [3.63, 3.8) is 0 Å². The molecule has 4 nitrogen and oxygen atoms in total. The summed E-state index contributed by atoms with van der Waals surface area (Å²) < 4.78 is 11.4. The molecule has 2 atom stereocenters. The number of hydrogen-bond donors (Lipinski definition) is 1. The molecule has 2 unspecified atom stereocenters. The van der Waals surface area contributed by atoms with Crippen molar-refractivity contribution < 1.29 is 14.3 Å². The molecule has 1 aromatic carbocycles. The van der Waals surface area contributed by atoms with E-state index in [4.69, 9.17) is 32.7 Å². The maximum Gasteiger partial charge on any atom is 0.235 e. The van der Waals surface area contributed by atoms with E-state index in [9.17, 15) is 4.79 Å². The van der Waals surface area contributed by atoms with Crippen molar-refractivity contribution in [3.8, 4) is 0 Å². The van der Waals surface area contributed by atoms with Crippen LogP contribution in [0.1, 0.15) is 18.9 Å². The number of ether oxygens (including phenoxy) is 2. The van der Waals surface area contributed by atoms with E-state index in [1.54, 1.807) is 0 Å². The third-order valence-electron chi connectivity index (χ3n) is 3.31. The van der Waals surface area contributed by atoms with Crippen LogP contribution in [-0.2, 0) is 19.9 Å². The summed E-state index contributed by atoms with van der Waals surface area (Å²) in [6.45, 7) is 2.69. The number of benzene rings is 1. The lowest BCUT2D eigenvalue weighted by Crippen LogP contribution is -2.49. The Morgan fingerprint density at radius 3 is 2.90 bits per heavy atom. The number of hydrogen-bond acceptors (Lipinski definition) is 3. The van der Waals surface area contributed by atoms with Gasteiger partial charge in [-0.1, -0.05) is 29.8 Å². The second-order valence-electron chi connectivity index (χ2n) is 4.69. The third kappa shape index (κ3) is 3.44. The Bertz CT molecular complexity index is 483.